The molecule has 0 atom stereocenters. The molecule has 1 N–H and O–H groups in total. The topological polar surface area (TPSA) is 54.9 Å². The van der Waals surface area contributed by atoms with Gasteiger partial charge in [-0.2, -0.15) is 0 Å². The Hall–Kier alpha value is -2.23. The highest BCUT2D eigenvalue weighted by Crippen LogP contribution is 2.60. The Bertz CT molecular complexity index is 840. The first-order chi connectivity index (χ1) is 13.1. The fourth-order valence-electron chi connectivity index (χ4n) is 6.16. The van der Waals surface area contributed by atoms with Crippen LogP contribution in [0.5, 0.6) is 0 Å². The molecule has 2 heterocycles. The normalized spacial score (nSPS) is 31.1. The highest BCUT2D eigenvalue weighted by molar-refractivity contribution is 5.83. The number of aromatic nitrogens is 2. The van der Waals surface area contributed by atoms with Gasteiger partial charge in [-0.1, -0.05) is 0 Å². The third-order valence-electron chi connectivity index (χ3n) is 6.98. The number of rotatable bonds is 4. The molecule has 4 heteroatoms. The largest absolute Gasteiger partial charge is 0.352 e. The molecule has 1 amide bonds. The van der Waals surface area contributed by atoms with Crippen LogP contribution in [0, 0.1) is 30.1 Å². The van der Waals surface area contributed by atoms with E-state index in [-0.39, 0.29) is 11.3 Å². The van der Waals surface area contributed by atoms with Gasteiger partial charge in [0.2, 0.25) is 5.91 Å². The first-order valence-corrected chi connectivity index (χ1v) is 10.3. The second-order valence-corrected chi connectivity index (χ2v) is 9.15. The van der Waals surface area contributed by atoms with Crippen molar-refractivity contribution in [1.29, 1.82) is 0 Å². The van der Waals surface area contributed by atoms with Crippen molar-refractivity contribution in [1.82, 2.24) is 15.3 Å². The lowest BCUT2D eigenvalue weighted by molar-refractivity contribution is -0.146. The third kappa shape index (κ3) is 3.15. The highest BCUT2D eigenvalue weighted by atomic mass is 16.2. The van der Waals surface area contributed by atoms with E-state index >= 15 is 0 Å². The highest BCUT2D eigenvalue weighted by Gasteiger charge is 2.54. The molecule has 4 aliphatic rings. The van der Waals surface area contributed by atoms with Gasteiger partial charge in [-0.25, -0.2) is 0 Å². The lowest BCUT2D eigenvalue weighted by atomic mass is 9.49. The van der Waals surface area contributed by atoms with E-state index in [9.17, 15) is 4.79 Å². The molecule has 0 aliphatic heterocycles. The van der Waals surface area contributed by atoms with Gasteiger partial charge in [0.25, 0.3) is 0 Å². The van der Waals surface area contributed by atoms with Crippen molar-refractivity contribution in [3.8, 4) is 11.4 Å². The van der Waals surface area contributed by atoms with Crippen LogP contribution in [-0.2, 0) is 11.3 Å². The Labute approximate surface area is 160 Å². The summed E-state index contributed by atoms with van der Waals surface area (Å²) in [5.74, 6) is 2.67. The average Bonchev–Trinajstić information content (AvgIpc) is 2.65. The number of hydrogen-bond donors (Lipinski definition) is 1. The van der Waals surface area contributed by atoms with Crippen molar-refractivity contribution in [2.45, 2.75) is 52.0 Å². The number of carbonyl (C=O) groups is 1. The van der Waals surface area contributed by atoms with E-state index in [0.29, 0.717) is 6.54 Å². The third-order valence-corrected chi connectivity index (χ3v) is 6.98. The molecule has 0 aromatic carbocycles. The second kappa shape index (κ2) is 6.43. The van der Waals surface area contributed by atoms with Gasteiger partial charge < -0.3 is 5.32 Å². The van der Waals surface area contributed by atoms with Crippen LogP contribution < -0.4 is 5.32 Å². The van der Waals surface area contributed by atoms with Crippen LogP contribution in [0.3, 0.4) is 0 Å². The zero-order valence-electron chi connectivity index (χ0n) is 15.9. The SMILES string of the molecule is Cc1ccnc(-c2cc(CNC(=O)C34CC5CC(CC(C5)C3)C4)ccn2)c1. The minimum atomic E-state index is -0.0806. The summed E-state index contributed by atoms with van der Waals surface area (Å²) >= 11 is 0. The predicted molar refractivity (Wildman–Crippen MR) is 105 cm³/mol. The molecule has 4 saturated carbocycles. The summed E-state index contributed by atoms with van der Waals surface area (Å²) in [5.41, 5.74) is 3.91. The molecule has 0 radical (unpaired) electrons. The summed E-state index contributed by atoms with van der Waals surface area (Å²) in [6.07, 6.45) is 11.1. The maximum absolute atomic E-state index is 13.1. The summed E-state index contributed by atoms with van der Waals surface area (Å²) in [4.78, 5) is 22.0. The Balaban J connectivity index is 1.29. The molecule has 4 aliphatic carbocycles. The zero-order valence-corrected chi connectivity index (χ0v) is 15.9. The molecule has 0 saturated heterocycles. The number of nitrogens with zero attached hydrogens (tertiary/aromatic N) is 2. The van der Waals surface area contributed by atoms with Gasteiger partial charge in [0.05, 0.1) is 11.4 Å². The second-order valence-electron chi connectivity index (χ2n) is 9.15. The summed E-state index contributed by atoms with van der Waals surface area (Å²) in [6.45, 7) is 2.63. The lowest BCUT2D eigenvalue weighted by Crippen LogP contribution is -2.53. The molecule has 6 rings (SSSR count). The summed E-state index contributed by atoms with van der Waals surface area (Å²) in [6, 6.07) is 8.06. The van der Waals surface area contributed by atoms with E-state index < -0.39 is 0 Å². The van der Waals surface area contributed by atoms with E-state index in [1.807, 2.05) is 36.7 Å². The quantitative estimate of drug-likeness (QED) is 0.884. The molecule has 4 fully saturated rings. The van der Waals surface area contributed by atoms with Crippen molar-refractivity contribution < 1.29 is 4.79 Å². The standard InChI is InChI=1S/C23H27N3O/c1-15-2-4-24-20(6-15)21-10-16(3-5-25-21)14-26-22(27)23-11-17-7-18(12-23)9-19(8-17)13-23/h2-6,10,17-19H,7-9,11-14H2,1H3,(H,26,27). The van der Waals surface area contributed by atoms with Crippen LogP contribution in [0.4, 0.5) is 0 Å². The number of aryl methyl sites for hydroxylation is 1. The molecule has 4 nitrogen and oxygen atoms in total. The molecule has 0 spiro atoms. The Morgan fingerprint density at radius 1 is 1.00 bits per heavy atom. The van der Waals surface area contributed by atoms with Crippen LogP contribution in [0.2, 0.25) is 0 Å². The van der Waals surface area contributed by atoms with Crippen molar-refractivity contribution in [2.75, 3.05) is 0 Å². The molecular weight excluding hydrogens is 334 g/mol. The Kier molecular flexibility index (Phi) is 4.03. The zero-order chi connectivity index (χ0) is 18.4. The number of hydrogen-bond acceptors (Lipinski definition) is 3. The van der Waals surface area contributed by atoms with Gasteiger partial charge in [0.1, 0.15) is 0 Å². The van der Waals surface area contributed by atoms with Gasteiger partial charge in [-0.3, -0.25) is 14.8 Å². The van der Waals surface area contributed by atoms with Crippen LogP contribution in [-0.4, -0.2) is 15.9 Å². The van der Waals surface area contributed by atoms with Gasteiger partial charge in [-0.05, 0) is 98.6 Å². The minimum Gasteiger partial charge on any atom is -0.352 e. The Morgan fingerprint density at radius 2 is 1.59 bits per heavy atom. The van der Waals surface area contributed by atoms with Crippen molar-refractivity contribution in [3.05, 3.63) is 47.8 Å². The van der Waals surface area contributed by atoms with E-state index in [0.717, 1.165) is 54.0 Å². The predicted octanol–water partition coefficient (Wildman–Crippen LogP) is 4.28. The van der Waals surface area contributed by atoms with Gasteiger partial charge in [0.15, 0.2) is 0 Å². The molecular formula is C23H27N3O. The number of carbonyl (C=O) groups excluding carboxylic acids is 1. The van der Waals surface area contributed by atoms with Crippen molar-refractivity contribution >= 4 is 5.91 Å². The minimum absolute atomic E-state index is 0.0806. The molecule has 2 aromatic rings. The van der Waals surface area contributed by atoms with Gasteiger partial charge in [0, 0.05) is 24.4 Å². The summed E-state index contributed by atoms with van der Waals surface area (Å²) in [7, 11) is 0. The molecule has 27 heavy (non-hydrogen) atoms. The number of nitrogens with one attached hydrogen (secondary N) is 1. The van der Waals surface area contributed by atoms with Crippen molar-refractivity contribution in [3.63, 3.8) is 0 Å². The van der Waals surface area contributed by atoms with Gasteiger partial charge >= 0.3 is 0 Å². The summed E-state index contributed by atoms with van der Waals surface area (Å²) in [5, 5.41) is 3.26. The van der Waals surface area contributed by atoms with Crippen LogP contribution in [0.15, 0.2) is 36.7 Å². The molecule has 140 valence electrons. The molecule has 0 unspecified atom stereocenters. The number of amides is 1. The maximum atomic E-state index is 13.1. The monoisotopic (exact) mass is 361 g/mol. The van der Waals surface area contributed by atoms with Crippen molar-refractivity contribution in [2.24, 2.45) is 23.2 Å². The van der Waals surface area contributed by atoms with E-state index in [4.69, 9.17) is 0 Å². The Morgan fingerprint density at radius 3 is 2.22 bits per heavy atom. The fourth-order valence-corrected chi connectivity index (χ4v) is 6.16. The molecule has 4 bridgehead atoms. The maximum Gasteiger partial charge on any atom is 0.226 e. The van der Waals surface area contributed by atoms with E-state index in [2.05, 4.69) is 22.2 Å². The smallest absolute Gasteiger partial charge is 0.226 e. The van der Waals surface area contributed by atoms with Crippen LogP contribution in [0.1, 0.15) is 49.7 Å². The average molecular weight is 361 g/mol. The van der Waals surface area contributed by atoms with E-state index in [1.54, 1.807) is 0 Å². The first-order valence-electron chi connectivity index (χ1n) is 10.3. The van der Waals surface area contributed by atoms with E-state index in [1.165, 1.54) is 24.8 Å². The van der Waals surface area contributed by atoms with Gasteiger partial charge in [-0.15, -0.1) is 0 Å². The van der Waals surface area contributed by atoms with Crippen LogP contribution >= 0.6 is 0 Å². The molecule has 2 aromatic heterocycles. The summed E-state index contributed by atoms with van der Waals surface area (Å²) < 4.78 is 0. The lowest BCUT2D eigenvalue weighted by Gasteiger charge is -2.55. The first kappa shape index (κ1) is 16.9. The van der Waals surface area contributed by atoms with Crippen LogP contribution in [0.25, 0.3) is 11.4 Å². The number of pyridine rings is 2. The fraction of sp³-hybridized carbons (Fsp3) is 0.522.